The maximum Gasteiger partial charge on any atom is 0.125 e. The second-order valence-corrected chi connectivity index (χ2v) is 5.52. The molecule has 4 heteroatoms. The molecule has 0 unspecified atom stereocenters. The Labute approximate surface area is 136 Å². The minimum atomic E-state index is -0.298. The molecule has 0 N–H and O–H groups in total. The highest BCUT2D eigenvalue weighted by Crippen LogP contribution is 2.26. The van der Waals surface area contributed by atoms with E-state index in [9.17, 15) is 4.39 Å². The molecule has 0 aliphatic heterocycles. The lowest BCUT2D eigenvalue weighted by molar-refractivity contribution is 0.552. The summed E-state index contributed by atoms with van der Waals surface area (Å²) in [5.41, 5.74) is 4.07. The van der Waals surface area contributed by atoms with Gasteiger partial charge < -0.3 is 4.90 Å². The Morgan fingerprint density at radius 1 is 1.30 bits per heavy atom. The number of nitriles is 1. The van der Waals surface area contributed by atoms with Gasteiger partial charge in [-0.25, -0.2) is 9.38 Å². The zero-order chi connectivity index (χ0) is 16.8. The summed E-state index contributed by atoms with van der Waals surface area (Å²) in [4.78, 5) is 6.31. The third-order valence-electron chi connectivity index (χ3n) is 3.80. The average molecular weight is 309 g/mol. The lowest BCUT2D eigenvalue weighted by Crippen LogP contribution is -2.14. The maximum atomic E-state index is 13.9. The van der Waals surface area contributed by atoms with Crippen LogP contribution in [0.2, 0.25) is 0 Å². The molecule has 0 spiro atoms. The first-order valence-corrected chi connectivity index (χ1v) is 7.56. The van der Waals surface area contributed by atoms with Crippen molar-refractivity contribution in [1.82, 2.24) is 4.90 Å². The molecule has 118 valence electrons. The predicted octanol–water partition coefficient (Wildman–Crippen LogP) is 4.21. The highest BCUT2D eigenvalue weighted by Gasteiger charge is 2.08. The highest BCUT2D eigenvalue weighted by atomic mass is 19.1. The zero-order valence-electron chi connectivity index (χ0n) is 13.7. The van der Waals surface area contributed by atoms with Crippen LogP contribution < -0.4 is 0 Å². The van der Waals surface area contributed by atoms with E-state index in [4.69, 9.17) is 5.26 Å². The first-order chi connectivity index (χ1) is 11.0. The van der Waals surface area contributed by atoms with Crippen molar-refractivity contribution in [3.8, 4) is 6.07 Å². The monoisotopic (exact) mass is 309 g/mol. The van der Waals surface area contributed by atoms with Gasteiger partial charge in [0.15, 0.2) is 0 Å². The maximum absolute atomic E-state index is 13.9. The van der Waals surface area contributed by atoms with Crippen molar-refractivity contribution < 1.29 is 4.39 Å². The average Bonchev–Trinajstić information content (AvgIpc) is 2.56. The van der Waals surface area contributed by atoms with Crippen LogP contribution in [0.25, 0.3) is 0 Å². The lowest BCUT2D eigenvalue weighted by Gasteiger charge is -2.12. The smallest absolute Gasteiger partial charge is 0.125 e. The molecule has 0 fully saturated rings. The van der Waals surface area contributed by atoms with Crippen LogP contribution in [0.1, 0.15) is 29.2 Å². The van der Waals surface area contributed by atoms with Crippen molar-refractivity contribution >= 4 is 12.0 Å². The molecule has 0 saturated carbocycles. The number of aliphatic imine (C=N–C) groups is 1. The molecule has 3 nitrogen and oxygen atoms in total. The molecule has 0 bridgehead atoms. The normalized spacial score (nSPS) is 10.7. The lowest BCUT2D eigenvalue weighted by atomic mass is 9.98. The van der Waals surface area contributed by atoms with Crippen LogP contribution in [0.15, 0.2) is 41.4 Å². The molecule has 0 aliphatic rings. The number of hydrogen-bond donors (Lipinski definition) is 0. The third-order valence-corrected chi connectivity index (χ3v) is 3.80. The van der Waals surface area contributed by atoms with Crippen molar-refractivity contribution in [2.24, 2.45) is 4.99 Å². The topological polar surface area (TPSA) is 39.4 Å². The van der Waals surface area contributed by atoms with Crippen LogP contribution in [0.3, 0.4) is 0 Å². The van der Waals surface area contributed by atoms with Crippen LogP contribution in [-0.4, -0.2) is 24.8 Å². The van der Waals surface area contributed by atoms with E-state index in [2.05, 4.69) is 11.1 Å². The van der Waals surface area contributed by atoms with Gasteiger partial charge in [-0.1, -0.05) is 12.1 Å². The largest absolute Gasteiger partial charge is 0.366 e. The first kappa shape index (κ1) is 16.7. The highest BCUT2D eigenvalue weighted by molar-refractivity contribution is 5.64. The summed E-state index contributed by atoms with van der Waals surface area (Å²) in [6.45, 7) is 4.81. The number of hydrogen-bond acceptors (Lipinski definition) is 2. The number of halogens is 1. The van der Waals surface area contributed by atoms with E-state index in [1.54, 1.807) is 12.4 Å². The van der Waals surface area contributed by atoms with Gasteiger partial charge in [0.05, 0.1) is 23.7 Å². The van der Waals surface area contributed by atoms with E-state index < -0.39 is 0 Å². The van der Waals surface area contributed by atoms with Crippen LogP contribution in [-0.2, 0) is 6.42 Å². The quantitative estimate of drug-likeness (QED) is 0.613. The number of nitrogens with zero attached hydrogens (tertiary/aromatic N) is 3. The molecule has 2 aromatic carbocycles. The fourth-order valence-corrected chi connectivity index (χ4v) is 2.25. The van der Waals surface area contributed by atoms with Crippen molar-refractivity contribution in [3.05, 3.63) is 64.5 Å². The summed E-state index contributed by atoms with van der Waals surface area (Å²) >= 11 is 0. The molecule has 0 aromatic heterocycles. The molecule has 0 atom stereocenters. The Balaban J connectivity index is 2.34. The third kappa shape index (κ3) is 4.40. The van der Waals surface area contributed by atoms with Gasteiger partial charge in [0.25, 0.3) is 0 Å². The van der Waals surface area contributed by atoms with Gasteiger partial charge in [0.2, 0.25) is 0 Å². The Bertz CT molecular complexity index is 760. The Morgan fingerprint density at radius 2 is 2.09 bits per heavy atom. The second kappa shape index (κ2) is 7.55. The van der Waals surface area contributed by atoms with Crippen molar-refractivity contribution in [3.63, 3.8) is 0 Å². The molecular formula is C19H20FN3. The minimum absolute atomic E-state index is 0.298. The predicted molar refractivity (Wildman–Crippen MR) is 91.6 cm³/mol. The fraction of sp³-hybridized carbons (Fsp3) is 0.263. The van der Waals surface area contributed by atoms with E-state index in [1.807, 2.05) is 44.0 Å². The zero-order valence-corrected chi connectivity index (χ0v) is 13.7. The summed E-state index contributed by atoms with van der Waals surface area (Å²) < 4.78 is 13.9. The van der Waals surface area contributed by atoms with Crippen LogP contribution >= 0.6 is 0 Å². The molecular weight excluding hydrogens is 289 g/mol. The summed E-state index contributed by atoms with van der Waals surface area (Å²) in [6, 6.07) is 12.5. The number of rotatable bonds is 5. The fourth-order valence-electron chi connectivity index (χ4n) is 2.25. The van der Waals surface area contributed by atoms with Gasteiger partial charge in [-0.2, -0.15) is 5.26 Å². The van der Waals surface area contributed by atoms with Gasteiger partial charge in [0, 0.05) is 13.6 Å². The van der Waals surface area contributed by atoms with Crippen LogP contribution in [0.4, 0.5) is 10.1 Å². The van der Waals surface area contributed by atoms with Gasteiger partial charge in [-0.05, 0) is 61.2 Å². The Morgan fingerprint density at radius 3 is 2.78 bits per heavy atom. The molecule has 2 rings (SSSR count). The summed E-state index contributed by atoms with van der Waals surface area (Å²) in [5, 5.41) is 8.98. The molecule has 0 aliphatic carbocycles. The Kier molecular flexibility index (Phi) is 5.48. The van der Waals surface area contributed by atoms with E-state index in [-0.39, 0.29) is 5.82 Å². The van der Waals surface area contributed by atoms with Crippen LogP contribution in [0, 0.1) is 24.1 Å². The molecule has 2 aromatic rings. The Hall–Kier alpha value is -2.67. The SMILES string of the molecule is CCN(C)C=Nc1cc(F)cc(Cc2cccc(C#N)c2)c1C. The van der Waals surface area contributed by atoms with Crippen molar-refractivity contribution in [2.75, 3.05) is 13.6 Å². The van der Waals surface area contributed by atoms with E-state index in [0.29, 0.717) is 17.7 Å². The summed E-state index contributed by atoms with van der Waals surface area (Å²) in [5.74, 6) is -0.298. The summed E-state index contributed by atoms with van der Waals surface area (Å²) in [7, 11) is 1.92. The van der Waals surface area contributed by atoms with E-state index in [0.717, 1.165) is 23.2 Å². The van der Waals surface area contributed by atoms with Crippen molar-refractivity contribution in [2.45, 2.75) is 20.3 Å². The van der Waals surface area contributed by atoms with Gasteiger partial charge in [-0.3, -0.25) is 0 Å². The second-order valence-electron chi connectivity index (χ2n) is 5.52. The molecule has 0 saturated heterocycles. The number of benzene rings is 2. The van der Waals surface area contributed by atoms with Gasteiger partial charge in [0.1, 0.15) is 5.82 Å². The van der Waals surface area contributed by atoms with Gasteiger partial charge >= 0.3 is 0 Å². The molecule has 0 heterocycles. The van der Waals surface area contributed by atoms with E-state index >= 15 is 0 Å². The van der Waals surface area contributed by atoms with Crippen molar-refractivity contribution in [1.29, 1.82) is 5.26 Å². The molecule has 23 heavy (non-hydrogen) atoms. The van der Waals surface area contributed by atoms with Gasteiger partial charge in [-0.15, -0.1) is 0 Å². The minimum Gasteiger partial charge on any atom is -0.366 e. The molecule has 0 radical (unpaired) electrons. The van der Waals surface area contributed by atoms with E-state index in [1.165, 1.54) is 12.1 Å². The standard InChI is InChI=1S/C19H20FN3/c1-4-23(3)13-22-19-11-18(20)10-17(14(19)2)9-15-6-5-7-16(8-15)12-21/h5-8,10-11,13H,4,9H2,1-3H3. The first-order valence-electron chi connectivity index (χ1n) is 7.56. The summed E-state index contributed by atoms with van der Waals surface area (Å²) in [6.07, 6.45) is 2.28. The van der Waals surface area contributed by atoms with Crippen LogP contribution in [0.5, 0.6) is 0 Å². The molecule has 0 amide bonds.